The summed E-state index contributed by atoms with van der Waals surface area (Å²) in [7, 11) is 0. The van der Waals surface area contributed by atoms with E-state index in [1.165, 1.54) is 0 Å². The van der Waals surface area contributed by atoms with E-state index in [1.54, 1.807) is 4.90 Å². The van der Waals surface area contributed by atoms with Gasteiger partial charge in [0.15, 0.2) is 0 Å². The van der Waals surface area contributed by atoms with Crippen molar-refractivity contribution in [2.24, 2.45) is 11.5 Å². The summed E-state index contributed by atoms with van der Waals surface area (Å²) in [4.78, 5) is 13.9. The Kier molecular flexibility index (Phi) is 2.86. The molecule has 1 heterocycles. The molecule has 0 radical (unpaired) electrons. The first-order valence-corrected chi connectivity index (χ1v) is 6.25. The number of hydrogen-bond donors (Lipinski definition) is 2. The molecular formula is C12H23N3O2. The van der Waals surface area contributed by atoms with Gasteiger partial charge < -0.3 is 21.1 Å². The van der Waals surface area contributed by atoms with Crippen molar-refractivity contribution in [3.63, 3.8) is 0 Å². The Labute approximate surface area is 102 Å². The van der Waals surface area contributed by atoms with E-state index < -0.39 is 5.60 Å². The second kappa shape index (κ2) is 3.85. The number of likely N-dealkylation sites (tertiary alicyclic amines) is 1. The quantitative estimate of drug-likeness (QED) is 0.657. The summed E-state index contributed by atoms with van der Waals surface area (Å²) in [5.41, 5.74) is 11.4. The van der Waals surface area contributed by atoms with Gasteiger partial charge in [-0.2, -0.15) is 0 Å². The number of rotatable bonds is 0. The van der Waals surface area contributed by atoms with Gasteiger partial charge in [0.05, 0.1) is 0 Å². The van der Waals surface area contributed by atoms with Crippen molar-refractivity contribution in [1.82, 2.24) is 4.90 Å². The Morgan fingerprint density at radius 3 is 2.35 bits per heavy atom. The normalized spacial score (nSPS) is 31.5. The highest BCUT2D eigenvalue weighted by atomic mass is 16.6. The van der Waals surface area contributed by atoms with Gasteiger partial charge in [-0.05, 0) is 40.0 Å². The van der Waals surface area contributed by atoms with Crippen LogP contribution in [0.1, 0.15) is 40.0 Å². The molecule has 0 aromatic rings. The van der Waals surface area contributed by atoms with Crippen LogP contribution in [0.3, 0.4) is 0 Å². The average Bonchev–Trinajstić information content (AvgIpc) is 2.89. The van der Waals surface area contributed by atoms with E-state index in [9.17, 15) is 4.79 Å². The van der Waals surface area contributed by atoms with E-state index in [0.717, 1.165) is 19.3 Å². The minimum absolute atomic E-state index is 0.00353. The molecule has 0 bridgehead atoms. The van der Waals surface area contributed by atoms with Crippen molar-refractivity contribution in [2.45, 2.75) is 63.3 Å². The van der Waals surface area contributed by atoms with E-state index >= 15 is 0 Å². The second-order valence-electron chi connectivity index (χ2n) is 6.35. The van der Waals surface area contributed by atoms with Crippen LogP contribution in [0.15, 0.2) is 0 Å². The Morgan fingerprint density at radius 2 is 1.88 bits per heavy atom. The van der Waals surface area contributed by atoms with Gasteiger partial charge in [-0.15, -0.1) is 0 Å². The smallest absolute Gasteiger partial charge is 0.410 e. The van der Waals surface area contributed by atoms with E-state index in [-0.39, 0.29) is 23.7 Å². The number of amides is 1. The minimum Gasteiger partial charge on any atom is -0.444 e. The van der Waals surface area contributed by atoms with E-state index in [1.807, 2.05) is 20.8 Å². The number of carbonyl (C=O) groups excluding carboxylic acids is 1. The molecule has 1 saturated heterocycles. The first-order valence-electron chi connectivity index (χ1n) is 6.25. The molecule has 2 aliphatic rings. The van der Waals surface area contributed by atoms with Gasteiger partial charge in [0.2, 0.25) is 0 Å². The Morgan fingerprint density at radius 1 is 1.29 bits per heavy atom. The van der Waals surface area contributed by atoms with Crippen LogP contribution in [0.25, 0.3) is 0 Å². The molecule has 5 nitrogen and oxygen atoms in total. The molecule has 1 amide bonds. The second-order valence-corrected chi connectivity index (χ2v) is 6.35. The van der Waals surface area contributed by atoms with E-state index in [4.69, 9.17) is 16.2 Å². The minimum atomic E-state index is -0.461. The third-order valence-corrected chi connectivity index (χ3v) is 3.57. The summed E-state index contributed by atoms with van der Waals surface area (Å²) in [6.07, 6.45) is 2.59. The first kappa shape index (κ1) is 12.6. The molecule has 1 aliphatic heterocycles. The number of nitrogens with two attached hydrogens (primary N) is 2. The van der Waals surface area contributed by atoms with Crippen LogP contribution in [0.2, 0.25) is 0 Å². The van der Waals surface area contributed by atoms with Crippen molar-refractivity contribution in [3.8, 4) is 0 Å². The van der Waals surface area contributed by atoms with E-state index in [2.05, 4.69) is 0 Å². The lowest BCUT2D eigenvalue weighted by Crippen LogP contribution is -2.62. The molecular weight excluding hydrogens is 218 g/mol. The zero-order valence-electron chi connectivity index (χ0n) is 10.9. The average molecular weight is 241 g/mol. The molecule has 4 N–H and O–H groups in total. The standard InChI is InChI=1S/C12H23N3O2/c1-11(2,3)17-10(16)15-7-9(14)8(13)6-12(15)4-5-12/h8-9H,4-7,13-14H2,1-3H3/t8-,9+/m1/s1. The monoisotopic (exact) mass is 241 g/mol. The lowest BCUT2D eigenvalue weighted by molar-refractivity contribution is 0.00130. The Hall–Kier alpha value is -0.810. The topological polar surface area (TPSA) is 81.6 Å². The van der Waals surface area contributed by atoms with Crippen molar-refractivity contribution >= 4 is 6.09 Å². The molecule has 2 atom stereocenters. The number of hydrogen-bond acceptors (Lipinski definition) is 4. The molecule has 2 rings (SSSR count). The van der Waals surface area contributed by atoms with Gasteiger partial charge in [0, 0.05) is 24.2 Å². The Balaban J connectivity index is 2.07. The summed E-state index contributed by atoms with van der Waals surface area (Å²) in [5.74, 6) is 0. The first-order chi connectivity index (χ1) is 7.73. The van der Waals surface area contributed by atoms with Crippen LogP contribution in [-0.2, 0) is 4.74 Å². The fraction of sp³-hybridized carbons (Fsp3) is 0.917. The molecule has 0 unspecified atom stereocenters. The molecule has 0 aromatic carbocycles. The number of carbonyl (C=O) groups is 1. The molecule has 2 fully saturated rings. The Bertz CT molecular complexity index is 320. The highest BCUT2D eigenvalue weighted by Gasteiger charge is 2.55. The van der Waals surface area contributed by atoms with Crippen LogP contribution in [-0.4, -0.2) is 40.8 Å². The van der Waals surface area contributed by atoms with Crippen molar-refractivity contribution in [1.29, 1.82) is 0 Å². The third-order valence-electron chi connectivity index (χ3n) is 3.57. The summed E-state index contributed by atoms with van der Waals surface area (Å²) in [6.45, 7) is 6.14. The fourth-order valence-electron chi connectivity index (χ4n) is 2.44. The number of nitrogens with zero attached hydrogens (tertiary/aromatic N) is 1. The summed E-state index contributed by atoms with van der Waals surface area (Å²) in [5, 5.41) is 0. The molecule has 1 spiro atoms. The van der Waals surface area contributed by atoms with Gasteiger partial charge in [-0.25, -0.2) is 4.79 Å². The van der Waals surface area contributed by atoms with Crippen LogP contribution in [0.5, 0.6) is 0 Å². The molecule has 1 saturated carbocycles. The zero-order valence-corrected chi connectivity index (χ0v) is 10.9. The van der Waals surface area contributed by atoms with Crippen LogP contribution < -0.4 is 11.5 Å². The molecule has 1 aliphatic carbocycles. The van der Waals surface area contributed by atoms with Crippen LogP contribution in [0.4, 0.5) is 4.79 Å². The number of ether oxygens (including phenoxy) is 1. The maximum atomic E-state index is 12.1. The fourth-order valence-corrected chi connectivity index (χ4v) is 2.44. The maximum Gasteiger partial charge on any atom is 0.410 e. The zero-order chi connectivity index (χ0) is 12.8. The van der Waals surface area contributed by atoms with Gasteiger partial charge in [-0.3, -0.25) is 0 Å². The molecule has 17 heavy (non-hydrogen) atoms. The number of piperidine rings is 1. The maximum absolute atomic E-state index is 12.1. The molecule has 5 heteroatoms. The van der Waals surface area contributed by atoms with Gasteiger partial charge >= 0.3 is 6.09 Å². The largest absolute Gasteiger partial charge is 0.444 e. The van der Waals surface area contributed by atoms with Crippen molar-refractivity contribution in [2.75, 3.05) is 6.54 Å². The predicted molar refractivity (Wildman–Crippen MR) is 65.5 cm³/mol. The van der Waals surface area contributed by atoms with Gasteiger partial charge in [-0.1, -0.05) is 0 Å². The summed E-state index contributed by atoms with van der Waals surface area (Å²) in [6, 6.07) is -0.148. The summed E-state index contributed by atoms with van der Waals surface area (Å²) < 4.78 is 5.43. The molecule has 98 valence electrons. The van der Waals surface area contributed by atoms with Gasteiger partial charge in [0.1, 0.15) is 5.60 Å². The lowest BCUT2D eigenvalue weighted by atomic mass is 9.92. The SMILES string of the molecule is CC(C)(C)OC(=O)N1C[C@H](N)[C@H](N)CC12CC2. The lowest BCUT2D eigenvalue weighted by Gasteiger charge is -2.42. The third kappa shape index (κ3) is 2.55. The highest BCUT2D eigenvalue weighted by Crippen LogP contribution is 2.48. The van der Waals surface area contributed by atoms with Crippen LogP contribution in [0, 0.1) is 0 Å². The highest BCUT2D eigenvalue weighted by molar-refractivity contribution is 5.70. The van der Waals surface area contributed by atoms with Crippen molar-refractivity contribution < 1.29 is 9.53 Å². The summed E-state index contributed by atoms with van der Waals surface area (Å²) >= 11 is 0. The van der Waals surface area contributed by atoms with E-state index in [0.29, 0.717) is 6.54 Å². The molecule has 0 aromatic heterocycles. The predicted octanol–water partition coefficient (Wildman–Crippen LogP) is 0.814. The van der Waals surface area contributed by atoms with Crippen LogP contribution >= 0.6 is 0 Å². The van der Waals surface area contributed by atoms with Crippen molar-refractivity contribution in [3.05, 3.63) is 0 Å². The van der Waals surface area contributed by atoms with Gasteiger partial charge in [0.25, 0.3) is 0 Å².